The maximum Gasteiger partial charge on any atom is 0.0946 e. The molecule has 50 heavy (non-hydrogen) atoms. The van der Waals surface area contributed by atoms with Gasteiger partial charge in [0.2, 0.25) is 0 Å². The molecular weight excluding hydrogens is 613 g/mol. The Kier molecular flexibility index (Phi) is 6.99. The zero-order valence-electron chi connectivity index (χ0n) is 27.1. The summed E-state index contributed by atoms with van der Waals surface area (Å²) in [6.07, 6.45) is 4.22. The smallest absolute Gasteiger partial charge is 0.0946 e. The monoisotopic (exact) mass is 644 g/mol. The molecule has 0 aliphatic carbocycles. The van der Waals surface area contributed by atoms with E-state index in [9.17, 15) is 0 Å². The number of anilines is 2. The van der Waals surface area contributed by atoms with E-state index in [-0.39, 0.29) is 0 Å². The Hall–Kier alpha value is -6.92. The summed E-state index contributed by atoms with van der Waals surface area (Å²) in [5.41, 5.74) is 29.7. The second kappa shape index (κ2) is 12.0. The Balaban J connectivity index is 1.42. The minimum atomic E-state index is 0.549. The molecule has 0 amide bonds. The number of aromatic nitrogens is 4. The molecule has 0 fully saturated rings. The first-order chi connectivity index (χ1) is 24.6. The lowest BCUT2D eigenvalue weighted by atomic mass is 10.0. The van der Waals surface area contributed by atoms with E-state index in [1.807, 2.05) is 84.9 Å². The number of H-pyrrole nitrogens is 2. The van der Waals surface area contributed by atoms with Crippen molar-refractivity contribution in [2.75, 3.05) is 11.5 Å². The van der Waals surface area contributed by atoms with E-state index in [1.54, 1.807) is 0 Å². The molecule has 5 heterocycles. The molecule has 4 aromatic carbocycles. The first-order valence-electron chi connectivity index (χ1n) is 16.6. The van der Waals surface area contributed by atoms with Gasteiger partial charge in [0, 0.05) is 33.3 Å². The van der Waals surface area contributed by atoms with Crippen molar-refractivity contribution in [1.82, 2.24) is 19.9 Å². The van der Waals surface area contributed by atoms with Crippen LogP contribution in [0.4, 0.5) is 11.4 Å². The number of hydrogen-bond donors (Lipinski definition) is 4. The average Bonchev–Trinajstić information content (AvgIpc) is 3.98. The fourth-order valence-electron chi connectivity index (χ4n) is 6.83. The second-order valence-corrected chi connectivity index (χ2v) is 12.5. The quantitative estimate of drug-likeness (QED) is 0.153. The van der Waals surface area contributed by atoms with Crippen LogP contribution in [-0.4, -0.2) is 19.9 Å². The van der Waals surface area contributed by atoms with Crippen LogP contribution in [0, 0.1) is 0 Å². The number of nitrogens with two attached hydrogens (primary N) is 2. The van der Waals surface area contributed by atoms with Gasteiger partial charge in [-0.3, -0.25) is 0 Å². The highest BCUT2D eigenvalue weighted by Gasteiger charge is 2.20. The van der Waals surface area contributed by atoms with Crippen LogP contribution in [0.1, 0.15) is 33.9 Å². The number of fused-ring (bicyclic) bond motifs is 10. The van der Waals surface area contributed by atoms with Gasteiger partial charge in [-0.05, 0) is 58.7 Å². The van der Waals surface area contributed by atoms with Crippen molar-refractivity contribution in [1.29, 1.82) is 0 Å². The van der Waals surface area contributed by atoms with E-state index in [1.165, 1.54) is 0 Å². The molecule has 7 aromatic rings. The SMILES string of the molecule is Nc1cc2[nH]c(cc2-c2ccccc2)c2nc(c(N)cc3[nH]c(cc3-c3ccccc3)c3nc1C(c1ccccc1)=C3)C(c1ccccc1)=C2. The van der Waals surface area contributed by atoms with Crippen LogP contribution < -0.4 is 11.5 Å². The molecule has 0 saturated carbocycles. The summed E-state index contributed by atoms with van der Waals surface area (Å²) < 4.78 is 0. The van der Waals surface area contributed by atoms with Gasteiger partial charge in [0.25, 0.3) is 0 Å². The van der Waals surface area contributed by atoms with E-state index in [0.29, 0.717) is 22.8 Å². The average molecular weight is 645 g/mol. The summed E-state index contributed by atoms with van der Waals surface area (Å²) in [6.45, 7) is 0. The molecule has 6 heteroatoms. The van der Waals surface area contributed by atoms with Crippen molar-refractivity contribution < 1.29 is 0 Å². The van der Waals surface area contributed by atoms with Crippen LogP contribution in [0.3, 0.4) is 0 Å². The number of rotatable bonds is 4. The summed E-state index contributed by atoms with van der Waals surface area (Å²) in [7, 11) is 0. The Labute approximate surface area is 289 Å². The molecule has 0 saturated heterocycles. The fourth-order valence-corrected chi connectivity index (χ4v) is 6.83. The minimum absolute atomic E-state index is 0.549. The lowest BCUT2D eigenvalue weighted by molar-refractivity contribution is 1.30. The van der Waals surface area contributed by atoms with Crippen LogP contribution in [-0.2, 0) is 0 Å². The van der Waals surface area contributed by atoms with Crippen molar-refractivity contribution in [2.24, 2.45) is 0 Å². The molecule has 2 aliphatic heterocycles. The first kappa shape index (κ1) is 29.2. The zero-order chi connectivity index (χ0) is 33.6. The van der Waals surface area contributed by atoms with Crippen molar-refractivity contribution in [3.05, 3.63) is 179 Å². The van der Waals surface area contributed by atoms with Crippen LogP contribution in [0.2, 0.25) is 0 Å². The van der Waals surface area contributed by atoms with Crippen LogP contribution >= 0.6 is 0 Å². The van der Waals surface area contributed by atoms with Crippen molar-refractivity contribution >= 4 is 56.7 Å². The van der Waals surface area contributed by atoms with Crippen LogP contribution in [0.5, 0.6) is 0 Å². The van der Waals surface area contributed by atoms with E-state index in [0.717, 1.165) is 78.0 Å². The summed E-state index contributed by atoms with van der Waals surface area (Å²) in [6, 6.07) is 49.4. The molecule has 3 aromatic heterocycles. The maximum atomic E-state index is 7.04. The molecule has 0 unspecified atom stereocenters. The van der Waals surface area contributed by atoms with Crippen molar-refractivity contribution in [2.45, 2.75) is 0 Å². The fraction of sp³-hybridized carbons (Fsp3) is 0. The van der Waals surface area contributed by atoms with Gasteiger partial charge in [-0.25, -0.2) is 9.97 Å². The summed E-state index contributed by atoms with van der Waals surface area (Å²) in [4.78, 5) is 17.7. The number of nitrogen functional groups attached to an aromatic ring is 2. The Bertz CT molecular complexity index is 2450. The standard InChI is InChI=1S/C44H32N6/c45-35-25-37-31(27-13-5-1-6-14-27)21-39(47-37)41-23-33(29-17-9-3-10-18-29)44(49-41)36(46)26-38-32(28-15-7-2-8-16-28)22-40(48-38)42-24-34(43(35)50-42)30-19-11-4-12-20-30/h1-26,47-48H,45-46H2. The largest absolute Gasteiger partial charge is 0.397 e. The minimum Gasteiger partial charge on any atom is -0.397 e. The van der Waals surface area contributed by atoms with Gasteiger partial charge in [0.15, 0.2) is 0 Å². The van der Waals surface area contributed by atoms with Crippen molar-refractivity contribution in [3.8, 4) is 22.3 Å². The molecule has 0 radical (unpaired) electrons. The number of aromatic amines is 2. The number of nitrogens with zero attached hydrogens (tertiary/aromatic N) is 2. The van der Waals surface area contributed by atoms with Gasteiger partial charge in [0.05, 0.1) is 45.2 Å². The molecule has 6 nitrogen and oxygen atoms in total. The Morgan fingerprint density at radius 2 is 0.720 bits per heavy atom. The van der Waals surface area contributed by atoms with Gasteiger partial charge in [0.1, 0.15) is 0 Å². The Morgan fingerprint density at radius 3 is 1.08 bits per heavy atom. The van der Waals surface area contributed by atoms with Crippen LogP contribution in [0.25, 0.3) is 67.6 Å². The van der Waals surface area contributed by atoms with Gasteiger partial charge in [-0.1, -0.05) is 121 Å². The summed E-state index contributed by atoms with van der Waals surface area (Å²) in [5, 5.41) is 0. The van der Waals surface area contributed by atoms with Gasteiger partial charge in [-0.2, -0.15) is 0 Å². The summed E-state index contributed by atoms with van der Waals surface area (Å²) in [5.74, 6) is 0. The zero-order valence-corrected chi connectivity index (χ0v) is 27.1. The molecular formula is C44H32N6. The highest BCUT2D eigenvalue weighted by molar-refractivity contribution is 6.02. The molecule has 0 atom stereocenters. The third kappa shape index (κ3) is 5.16. The molecule has 9 rings (SSSR count). The van der Waals surface area contributed by atoms with E-state index >= 15 is 0 Å². The lowest BCUT2D eigenvalue weighted by Crippen LogP contribution is -1.94. The topological polar surface area (TPSA) is 109 Å². The van der Waals surface area contributed by atoms with Crippen LogP contribution in [0.15, 0.2) is 146 Å². The highest BCUT2D eigenvalue weighted by Crippen LogP contribution is 2.38. The molecule has 2 aliphatic rings. The number of nitrogens with one attached hydrogen (secondary N) is 2. The molecule has 8 bridgehead atoms. The van der Waals surface area contributed by atoms with Crippen molar-refractivity contribution in [3.63, 3.8) is 0 Å². The maximum absolute atomic E-state index is 7.04. The highest BCUT2D eigenvalue weighted by atomic mass is 14.8. The van der Waals surface area contributed by atoms with Gasteiger partial charge >= 0.3 is 0 Å². The molecule has 6 N–H and O–H groups in total. The third-order valence-electron chi connectivity index (χ3n) is 9.27. The van der Waals surface area contributed by atoms with Gasteiger partial charge in [-0.15, -0.1) is 0 Å². The van der Waals surface area contributed by atoms with E-state index < -0.39 is 0 Å². The lowest BCUT2D eigenvalue weighted by Gasteiger charge is -2.04. The predicted molar refractivity (Wildman–Crippen MR) is 208 cm³/mol. The third-order valence-corrected chi connectivity index (χ3v) is 9.27. The molecule has 238 valence electrons. The molecule has 0 spiro atoms. The Morgan fingerprint density at radius 1 is 0.380 bits per heavy atom. The van der Waals surface area contributed by atoms with E-state index in [4.69, 9.17) is 21.4 Å². The number of benzene rings is 4. The van der Waals surface area contributed by atoms with E-state index in [2.05, 4.69) is 82.8 Å². The number of hydrogen-bond acceptors (Lipinski definition) is 4. The predicted octanol–water partition coefficient (Wildman–Crippen LogP) is 9.99. The first-order valence-corrected chi connectivity index (χ1v) is 16.6. The van der Waals surface area contributed by atoms with Gasteiger partial charge < -0.3 is 21.4 Å². The summed E-state index contributed by atoms with van der Waals surface area (Å²) >= 11 is 0. The second-order valence-electron chi connectivity index (χ2n) is 12.5. The normalized spacial score (nSPS) is 12.4.